The lowest BCUT2D eigenvalue weighted by atomic mass is 9.86. The molecule has 0 fully saturated rings. The van der Waals surface area contributed by atoms with Gasteiger partial charge in [-0.05, 0) is 60.6 Å². The number of carbonyl (C=O) groups is 1. The normalized spacial score (nSPS) is 16.4. The molecule has 1 amide bonds. The summed E-state index contributed by atoms with van der Waals surface area (Å²) in [6, 6.07) is 22.7. The average Bonchev–Trinajstić information content (AvgIpc) is 2.88. The molecule has 3 aromatic rings. The van der Waals surface area contributed by atoms with Crippen molar-refractivity contribution in [3.8, 4) is 11.5 Å². The molecule has 0 saturated heterocycles. The second-order valence-electron chi connectivity index (χ2n) is 8.86. The molecule has 5 nitrogen and oxygen atoms in total. The van der Waals surface area contributed by atoms with E-state index in [1.54, 1.807) is 21.3 Å². The first kappa shape index (κ1) is 23.8. The number of hydrogen-bond donors (Lipinski definition) is 1. The van der Waals surface area contributed by atoms with Crippen molar-refractivity contribution in [2.45, 2.75) is 38.3 Å². The number of hydrogen-bond acceptors (Lipinski definition) is 4. The number of nitrogens with zero attached hydrogens (tertiary/aromatic N) is 1. The molecule has 2 atom stereocenters. The highest BCUT2D eigenvalue weighted by atomic mass is 16.5. The molecule has 0 spiro atoms. The van der Waals surface area contributed by atoms with Crippen LogP contribution in [0.5, 0.6) is 11.5 Å². The molecule has 1 heterocycles. The Morgan fingerprint density at radius 2 is 1.71 bits per heavy atom. The SMILES string of the molecule is CNC(=O)[C@@H](c1ccccc1)N1CCc2cc(OC)c(OC)cc2[C@@H]1CCc1ccc(C)cc1. The molecular weight excluding hydrogens is 424 g/mol. The Labute approximate surface area is 202 Å². The molecule has 1 N–H and O–H groups in total. The summed E-state index contributed by atoms with van der Waals surface area (Å²) >= 11 is 0. The van der Waals surface area contributed by atoms with Crippen molar-refractivity contribution in [3.05, 3.63) is 94.5 Å². The van der Waals surface area contributed by atoms with Gasteiger partial charge in [-0.3, -0.25) is 9.69 Å². The van der Waals surface area contributed by atoms with Crippen LogP contribution in [0.1, 0.15) is 46.3 Å². The van der Waals surface area contributed by atoms with Crippen molar-refractivity contribution in [1.82, 2.24) is 10.2 Å². The summed E-state index contributed by atoms with van der Waals surface area (Å²) in [7, 11) is 5.06. The van der Waals surface area contributed by atoms with Crippen LogP contribution >= 0.6 is 0 Å². The van der Waals surface area contributed by atoms with Gasteiger partial charge in [0.05, 0.1) is 14.2 Å². The van der Waals surface area contributed by atoms with Crippen LogP contribution < -0.4 is 14.8 Å². The van der Waals surface area contributed by atoms with E-state index >= 15 is 0 Å². The van der Waals surface area contributed by atoms with Gasteiger partial charge in [-0.25, -0.2) is 0 Å². The number of carbonyl (C=O) groups excluding carboxylic acids is 1. The fraction of sp³-hybridized carbons (Fsp3) is 0.345. The van der Waals surface area contributed by atoms with E-state index in [9.17, 15) is 4.79 Å². The zero-order valence-electron chi connectivity index (χ0n) is 20.5. The van der Waals surface area contributed by atoms with Gasteiger partial charge in [0.1, 0.15) is 6.04 Å². The summed E-state index contributed by atoms with van der Waals surface area (Å²) in [4.78, 5) is 15.6. The van der Waals surface area contributed by atoms with Crippen molar-refractivity contribution in [1.29, 1.82) is 0 Å². The Bertz CT molecular complexity index is 1110. The van der Waals surface area contributed by atoms with Crippen LogP contribution in [-0.4, -0.2) is 38.6 Å². The monoisotopic (exact) mass is 458 g/mol. The van der Waals surface area contributed by atoms with Gasteiger partial charge in [-0.15, -0.1) is 0 Å². The smallest absolute Gasteiger partial charge is 0.241 e. The number of benzene rings is 3. The third-order valence-electron chi connectivity index (χ3n) is 6.81. The summed E-state index contributed by atoms with van der Waals surface area (Å²) < 4.78 is 11.2. The number of methoxy groups -OCH3 is 2. The number of ether oxygens (including phenoxy) is 2. The first-order valence-corrected chi connectivity index (χ1v) is 11.9. The van der Waals surface area contributed by atoms with Crippen molar-refractivity contribution < 1.29 is 14.3 Å². The van der Waals surface area contributed by atoms with E-state index in [1.807, 2.05) is 30.3 Å². The first-order chi connectivity index (χ1) is 16.5. The lowest BCUT2D eigenvalue weighted by molar-refractivity contribution is -0.127. The number of fused-ring (bicyclic) bond motifs is 1. The van der Waals surface area contributed by atoms with E-state index < -0.39 is 0 Å². The molecule has 4 rings (SSSR count). The first-order valence-electron chi connectivity index (χ1n) is 11.9. The maximum absolute atomic E-state index is 13.2. The molecular formula is C29H34N2O3. The highest BCUT2D eigenvalue weighted by Crippen LogP contribution is 2.43. The minimum Gasteiger partial charge on any atom is -0.493 e. The third kappa shape index (κ3) is 4.95. The molecule has 5 heteroatoms. The van der Waals surface area contributed by atoms with Gasteiger partial charge in [0.25, 0.3) is 0 Å². The van der Waals surface area contributed by atoms with Crippen molar-refractivity contribution in [2.75, 3.05) is 27.8 Å². The van der Waals surface area contributed by atoms with E-state index in [4.69, 9.17) is 9.47 Å². The minimum atomic E-state index is -0.365. The summed E-state index contributed by atoms with van der Waals surface area (Å²) in [6.45, 7) is 2.89. The number of rotatable bonds is 8. The van der Waals surface area contributed by atoms with Crippen molar-refractivity contribution in [3.63, 3.8) is 0 Å². The minimum absolute atomic E-state index is 0.00969. The Balaban J connectivity index is 1.76. The zero-order valence-corrected chi connectivity index (χ0v) is 20.5. The Hall–Kier alpha value is -3.31. The van der Waals surface area contributed by atoms with Crippen LogP contribution in [0.4, 0.5) is 0 Å². The van der Waals surface area contributed by atoms with Gasteiger partial charge in [0, 0.05) is 19.6 Å². The van der Waals surface area contributed by atoms with E-state index in [1.165, 1.54) is 22.3 Å². The van der Waals surface area contributed by atoms with E-state index in [0.29, 0.717) is 0 Å². The van der Waals surface area contributed by atoms with Crippen LogP contribution in [0.15, 0.2) is 66.7 Å². The quantitative estimate of drug-likeness (QED) is 0.514. The van der Waals surface area contributed by atoms with Crippen LogP contribution in [0.25, 0.3) is 0 Å². The van der Waals surface area contributed by atoms with Gasteiger partial charge in [-0.2, -0.15) is 0 Å². The topological polar surface area (TPSA) is 50.8 Å². The van der Waals surface area contributed by atoms with Gasteiger partial charge in [0.15, 0.2) is 11.5 Å². The highest BCUT2D eigenvalue weighted by Gasteiger charge is 2.37. The lowest BCUT2D eigenvalue weighted by Crippen LogP contribution is -2.44. The highest BCUT2D eigenvalue weighted by molar-refractivity contribution is 5.83. The predicted octanol–water partition coefficient (Wildman–Crippen LogP) is 5.03. The van der Waals surface area contributed by atoms with Crippen molar-refractivity contribution in [2.24, 2.45) is 0 Å². The Morgan fingerprint density at radius 3 is 2.35 bits per heavy atom. The second-order valence-corrected chi connectivity index (χ2v) is 8.86. The fourth-order valence-electron chi connectivity index (χ4n) is 5.00. The van der Waals surface area contributed by atoms with Gasteiger partial charge in [0.2, 0.25) is 5.91 Å². The number of amides is 1. The van der Waals surface area contributed by atoms with Gasteiger partial charge < -0.3 is 14.8 Å². The third-order valence-corrected chi connectivity index (χ3v) is 6.81. The molecule has 0 aromatic heterocycles. The maximum atomic E-state index is 13.2. The van der Waals surface area contributed by atoms with Crippen LogP contribution in [0, 0.1) is 6.92 Å². The Morgan fingerprint density at radius 1 is 1.03 bits per heavy atom. The molecule has 0 aliphatic carbocycles. The summed E-state index contributed by atoms with van der Waals surface area (Å²) in [5.74, 6) is 1.48. The van der Waals surface area contributed by atoms with Gasteiger partial charge >= 0.3 is 0 Å². The molecule has 0 bridgehead atoms. The van der Waals surface area contributed by atoms with Crippen molar-refractivity contribution >= 4 is 5.91 Å². The second kappa shape index (κ2) is 10.7. The standard InChI is InChI=1S/C29H34N2O3/c1-20-10-12-21(13-11-20)14-15-25-24-19-27(34-4)26(33-3)18-23(24)16-17-31(25)28(29(32)30-2)22-8-6-5-7-9-22/h5-13,18-19,25,28H,14-17H2,1-4H3,(H,30,32)/t25-,28+/m0/s1. The number of likely N-dealkylation sites (N-methyl/N-ethyl adjacent to an activating group) is 1. The predicted molar refractivity (Wildman–Crippen MR) is 135 cm³/mol. The Kier molecular flexibility index (Phi) is 7.53. The van der Waals surface area contributed by atoms with E-state index in [0.717, 1.165) is 42.9 Å². The largest absolute Gasteiger partial charge is 0.493 e. The molecule has 1 aliphatic heterocycles. The van der Waals surface area contributed by atoms with E-state index in [-0.39, 0.29) is 18.0 Å². The molecule has 0 saturated carbocycles. The lowest BCUT2D eigenvalue weighted by Gasteiger charge is -2.42. The average molecular weight is 459 g/mol. The zero-order chi connectivity index (χ0) is 24.1. The molecule has 3 aromatic carbocycles. The molecule has 0 radical (unpaired) electrons. The van der Waals surface area contributed by atoms with Crippen LogP contribution in [0.2, 0.25) is 0 Å². The van der Waals surface area contributed by atoms with E-state index in [2.05, 4.69) is 53.5 Å². The summed E-state index contributed by atoms with van der Waals surface area (Å²) in [5.41, 5.74) is 6.03. The maximum Gasteiger partial charge on any atom is 0.241 e. The van der Waals surface area contributed by atoms with Crippen LogP contribution in [0.3, 0.4) is 0 Å². The summed E-state index contributed by atoms with van der Waals surface area (Å²) in [5, 5.41) is 2.90. The molecule has 178 valence electrons. The summed E-state index contributed by atoms with van der Waals surface area (Å²) in [6.07, 6.45) is 2.66. The number of aryl methyl sites for hydroxylation is 2. The number of nitrogens with one attached hydrogen (secondary N) is 1. The van der Waals surface area contributed by atoms with Gasteiger partial charge in [-0.1, -0.05) is 60.2 Å². The molecule has 0 unspecified atom stereocenters. The molecule has 1 aliphatic rings. The molecule has 34 heavy (non-hydrogen) atoms. The van der Waals surface area contributed by atoms with Crippen LogP contribution in [-0.2, 0) is 17.6 Å². The fourth-order valence-corrected chi connectivity index (χ4v) is 5.00.